The molecule has 3 N–H and O–H groups in total. The number of hydrogen-bond acceptors (Lipinski definition) is 3. The van der Waals surface area contributed by atoms with Gasteiger partial charge in [0, 0.05) is 35.0 Å². The van der Waals surface area contributed by atoms with Crippen LogP contribution in [-0.2, 0) is 6.54 Å². The largest absolute Gasteiger partial charge is 0.456 e. The zero-order valence-electron chi connectivity index (χ0n) is 15.9. The number of hydrogen-bond donors (Lipinski definition) is 3. The third kappa shape index (κ3) is 4.01. The van der Waals surface area contributed by atoms with Crippen LogP contribution in [0, 0.1) is 10.8 Å². The van der Waals surface area contributed by atoms with Crippen LogP contribution < -0.4 is 5.32 Å². The van der Waals surface area contributed by atoms with Crippen molar-refractivity contribution in [1.29, 1.82) is 10.8 Å². The Labute approximate surface area is 169 Å². The maximum atomic E-state index is 8.52. The van der Waals surface area contributed by atoms with Gasteiger partial charge in [-0.3, -0.25) is 5.41 Å². The Kier molecular flexibility index (Phi) is 5.34. The molecular weight excluding hydrogens is 358 g/mol. The van der Waals surface area contributed by atoms with Crippen molar-refractivity contribution in [3.8, 4) is 22.6 Å². The zero-order chi connectivity index (χ0) is 20.1. The summed E-state index contributed by atoms with van der Waals surface area (Å²) in [6.45, 7) is 0.587. The Balaban J connectivity index is 1.61. The van der Waals surface area contributed by atoms with Crippen LogP contribution in [0.1, 0.15) is 16.7 Å². The number of amidine groups is 1. The van der Waals surface area contributed by atoms with Gasteiger partial charge in [-0.25, -0.2) is 0 Å². The topological polar surface area (TPSA) is 72.9 Å². The number of nitrogens with one attached hydrogen (secondary N) is 3. The fraction of sp³-hybridized carbons (Fsp3) is 0.0400. The van der Waals surface area contributed by atoms with Gasteiger partial charge in [-0.1, -0.05) is 78.9 Å². The molecule has 0 radical (unpaired) electrons. The van der Waals surface area contributed by atoms with E-state index in [-0.39, 0.29) is 0 Å². The summed E-state index contributed by atoms with van der Waals surface area (Å²) >= 11 is 0. The van der Waals surface area contributed by atoms with Gasteiger partial charge in [0.05, 0.1) is 0 Å². The molecule has 0 saturated carbocycles. The Morgan fingerprint density at radius 2 is 1.38 bits per heavy atom. The predicted octanol–water partition coefficient (Wildman–Crippen LogP) is 5.73. The standard InChI is InChI=1S/C25H21N3O/c26-16-19-10-4-5-11-20(19)23-14-15-24(29-23)21-12-6-7-13-22(21)25(27)28-17-18-8-2-1-3-9-18/h1-16,26H,17H2,(H2,27,28). The van der Waals surface area contributed by atoms with E-state index in [2.05, 4.69) is 5.32 Å². The summed E-state index contributed by atoms with van der Waals surface area (Å²) in [6.07, 6.45) is 1.33. The summed E-state index contributed by atoms with van der Waals surface area (Å²) in [5, 5.41) is 19.3. The molecule has 0 unspecified atom stereocenters. The summed E-state index contributed by atoms with van der Waals surface area (Å²) in [6, 6.07) is 29.3. The molecule has 1 heterocycles. The van der Waals surface area contributed by atoms with Gasteiger partial charge in [-0.15, -0.1) is 0 Å². The molecule has 0 fully saturated rings. The highest BCUT2D eigenvalue weighted by atomic mass is 16.3. The van der Waals surface area contributed by atoms with Crippen molar-refractivity contribution in [3.05, 3.63) is 108 Å². The molecule has 0 atom stereocenters. The fourth-order valence-corrected chi connectivity index (χ4v) is 3.27. The minimum atomic E-state index is 0.349. The second-order valence-electron chi connectivity index (χ2n) is 6.66. The molecule has 4 rings (SSSR count). The monoisotopic (exact) mass is 379 g/mol. The third-order valence-corrected chi connectivity index (χ3v) is 4.76. The van der Waals surface area contributed by atoms with E-state index in [4.69, 9.17) is 15.2 Å². The lowest BCUT2D eigenvalue weighted by Gasteiger charge is -2.11. The van der Waals surface area contributed by atoms with Crippen LogP contribution in [0.15, 0.2) is 95.4 Å². The van der Waals surface area contributed by atoms with Crippen LogP contribution in [-0.4, -0.2) is 12.1 Å². The Bertz CT molecular complexity index is 1150. The first-order valence-corrected chi connectivity index (χ1v) is 9.42. The predicted molar refractivity (Wildman–Crippen MR) is 118 cm³/mol. The van der Waals surface area contributed by atoms with Crippen LogP contribution in [0.4, 0.5) is 0 Å². The Morgan fingerprint density at radius 3 is 2.14 bits per heavy atom. The van der Waals surface area contributed by atoms with E-state index in [1.165, 1.54) is 6.21 Å². The highest BCUT2D eigenvalue weighted by Gasteiger charge is 2.14. The van der Waals surface area contributed by atoms with E-state index < -0.39 is 0 Å². The van der Waals surface area contributed by atoms with Crippen molar-refractivity contribution in [1.82, 2.24) is 5.32 Å². The molecule has 4 aromatic rings. The summed E-state index contributed by atoms with van der Waals surface area (Å²) in [7, 11) is 0. The molecular formula is C25H21N3O. The van der Waals surface area contributed by atoms with Crippen LogP contribution >= 0.6 is 0 Å². The molecule has 4 nitrogen and oxygen atoms in total. The van der Waals surface area contributed by atoms with Gasteiger partial charge in [0.15, 0.2) is 0 Å². The molecule has 0 saturated heterocycles. The van der Waals surface area contributed by atoms with Crippen molar-refractivity contribution in [2.45, 2.75) is 6.54 Å². The van der Waals surface area contributed by atoms with E-state index in [0.29, 0.717) is 23.9 Å². The first kappa shape index (κ1) is 18.4. The molecule has 3 aromatic carbocycles. The van der Waals surface area contributed by atoms with Gasteiger partial charge >= 0.3 is 0 Å². The van der Waals surface area contributed by atoms with Crippen LogP contribution in [0.25, 0.3) is 22.6 Å². The summed E-state index contributed by atoms with van der Waals surface area (Å²) in [4.78, 5) is 0. The maximum absolute atomic E-state index is 8.52. The summed E-state index contributed by atoms with van der Waals surface area (Å²) in [5.41, 5.74) is 4.45. The molecule has 0 aliphatic heterocycles. The van der Waals surface area contributed by atoms with E-state index in [1.54, 1.807) is 0 Å². The van der Waals surface area contributed by atoms with Crippen LogP contribution in [0.5, 0.6) is 0 Å². The fourth-order valence-electron chi connectivity index (χ4n) is 3.27. The summed E-state index contributed by atoms with van der Waals surface area (Å²) in [5.74, 6) is 1.75. The van der Waals surface area contributed by atoms with Crippen LogP contribution in [0.3, 0.4) is 0 Å². The third-order valence-electron chi connectivity index (χ3n) is 4.76. The Morgan fingerprint density at radius 1 is 0.759 bits per heavy atom. The number of furan rings is 1. The van der Waals surface area contributed by atoms with Gasteiger partial charge in [-0.2, -0.15) is 0 Å². The first-order valence-electron chi connectivity index (χ1n) is 9.42. The quantitative estimate of drug-likeness (QED) is 0.296. The average molecular weight is 379 g/mol. The lowest BCUT2D eigenvalue weighted by molar-refractivity contribution is 0.597. The van der Waals surface area contributed by atoms with Crippen molar-refractivity contribution < 1.29 is 4.42 Å². The van der Waals surface area contributed by atoms with Gasteiger partial charge in [0.2, 0.25) is 0 Å². The average Bonchev–Trinajstić information content (AvgIpc) is 3.28. The second kappa shape index (κ2) is 8.40. The lowest BCUT2D eigenvalue weighted by atomic mass is 10.0. The molecule has 4 heteroatoms. The van der Waals surface area contributed by atoms with Crippen LogP contribution in [0.2, 0.25) is 0 Å². The van der Waals surface area contributed by atoms with Gasteiger partial charge in [0.25, 0.3) is 0 Å². The highest BCUT2D eigenvalue weighted by Crippen LogP contribution is 2.31. The van der Waals surface area contributed by atoms with Crippen molar-refractivity contribution in [2.75, 3.05) is 0 Å². The Hall–Kier alpha value is -3.92. The first-order chi connectivity index (χ1) is 14.3. The van der Waals surface area contributed by atoms with Crippen molar-refractivity contribution in [2.24, 2.45) is 0 Å². The zero-order valence-corrected chi connectivity index (χ0v) is 15.9. The SMILES string of the molecule is N=Cc1ccccc1-c1ccc(-c2ccccc2C(=N)NCc2ccccc2)o1. The smallest absolute Gasteiger partial charge is 0.135 e. The maximum Gasteiger partial charge on any atom is 0.135 e. The van der Waals surface area contributed by atoms with E-state index in [9.17, 15) is 0 Å². The minimum absolute atomic E-state index is 0.349. The number of benzene rings is 3. The minimum Gasteiger partial charge on any atom is -0.456 e. The van der Waals surface area contributed by atoms with E-state index in [1.807, 2.05) is 91.0 Å². The van der Waals surface area contributed by atoms with Gasteiger partial charge < -0.3 is 15.1 Å². The molecule has 1 aromatic heterocycles. The van der Waals surface area contributed by atoms with Crippen molar-refractivity contribution in [3.63, 3.8) is 0 Å². The highest BCUT2D eigenvalue weighted by molar-refractivity contribution is 6.02. The molecule has 29 heavy (non-hydrogen) atoms. The molecule has 0 amide bonds. The van der Waals surface area contributed by atoms with Gasteiger partial charge in [0.1, 0.15) is 17.4 Å². The molecule has 0 aliphatic carbocycles. The van der Waals surface area contributed by atoms with E-state index in [0.717, 1.165) is 27.8 Å². The van der Waals surface area contributed by atoms with Gasteiger partial charge in [-0.05, 0) is 17.7 Å². The lowest BCUT2D eigenvalue weighted by Crippen LogP contribution is -2.23. The normalized spacial score (nSPS) is 10.5. The molecule has 0 spiro atoms. The summed E-state index contributed by atoms with van der Waals surface area (Å²) < 4.78 is 6.12. The second-order valence-corrected chi connectivity index (χ2v) is 6.66. The molecule has 0 bridgehead atoms. The molecule has 142 valence electrons. The molecule has 0 aliphatic rings. The number of rotatable bonds is 6. The van der Waals surface area contributed by atoms with Crippen molar-refractivity contribution >= 4 is 12.1 Å². The van der Waals surface area contributed by atoms with E-state index >= 15 is 0 Å².